The van der Waals surface area contributed by atoms with Crippen LogP contribution in [0.3, 0.4) is 0 Å². The summed E-state index contributed by atoms with van der Waals surface area (Å²) >= 11 is 0. The summed E-state index contributed by atoms with van der Waals surface area (Å²) in [6.45, 7) is 3.97. The van der Waals surface area contributed by atoms with Crippen LogP contribution in [0.15, 0.2) is 48.5 Å². The summed E-state index contributed by atoms with van der Waals surface area (Å²) in [6.07, 6.45) is 1.21. The summed E-state index contributed by atoms with van der Waals surface area (Å²) in [4.78, 5) is 12.1. The Labute approximate surface area is 126 Å². The molecule has 3 N–H and O–H groups in total. The fourth-order valence-corrected chi connectivity index (χ4v) is 2.23. The van der Waals surface area contributed by atoms with Gasteiger partial charge in [0.2, 0.25) is 5.91 Å². The second-order valence-corrected chi connectivity index (χ2v) is 5.41. The molecule has 21 heavy (non-hydrogen) atoms. The van der Waals surface area contributed by atoms with E-state index in [-0.39, 0.29) is 11.9 Å². The lowest BCUT2D eigenvalue weighted by atomic mass is 10.1. The molecule has 1 unspecified atom stereocenters. The average molecular weight is 282 g/mol. The number of benzene rings is 2. The molecule has 0 saturated heterocycles. The minimum atomic E-state index is -0.0985. The third-order valence-corrected chi connectivity index (χ3v) is 3.49. The number of anilines is 1. The van der Waals surface area contributed by atoms with Gasteiger partial charge in [-0.2, -0.15) is 0 Å². The van der Waals surface area contributed by atoms with Crippen LogP contribution >= 0.6 is 0 Å². The number of nitrogens with one attached hydrogen (secondary N) is 1. The van der Waals surface area contributed by atoms with Crippen molar-refractivity contribution >= 4 is 11.6 Å². The van der Waals surface area contributed by atoms with Crippen molar-refractivity contribution in [2.75, 3.05) is 5.32 Å². The van der Waals surface area contributed by atoms with Crippen molar-refractivity contribution in [3.8, 4) is 0 Å². The van der Waals surface area contributed by atoms with Crippen molar-refractivity contribution in [2.45, 2.75) is 32.7 Å². The molecule has 1 atom stereocenters. The van der Waals surface area contributed by atoms with Gasteiger partial charge in [0.05, 0.1) is 0 Å². The van der Waals surface area contributed by atoms with Gasteiger partial charge in [0.1, 0.15) is 0 Å². The molecule has 0 aliphatic carbocycles. The topological polar surface area (TPSA) is 55.1 Å². The first-order valence-corrected chi connectivity index (χ1v) is 7.26. The Bertz CT molecular complexity index is 603. The fraction of sp³-hybridized carbons (Fsp3) is 0.278. The van der Waals surface area contributed by atoms with E-state index >= 15 is 0 Å². The van der Waals surface area contributed by atoms with Crippen molar-refractivity contribution in [3.63, 3.8) is 0 Å². The third kappa shape index (κ3) is 4.43. The van der Waals surface area contributed by atoms with Gasteiger partial charge in [0, 0.05) is 18.2 Å². The molecule has 0 radical (unpaired) electrons. The summed E-state index contributed by atoms with van der Waals surface area (Å²) in [7, 11) is 0. The smallest absolute Gasteiger partial charge is 0.224 e. The normalized spacial score (nSPS) is 12.0. The van der Waals surface area contributed by atoms with Crippen LogP contribution in [-0.2, 0) is 11.2 Å². The summed E-state index contributed by atoms with van der Waals surface area (Å²) < 4.78 is 0. The molecule has 2 aromatic rings. The molecule has 0 aliphatic heterocycles. The summed E-state index contributed by atoms with van der Waals surface area (Å²) in [5.74, 6) is 0.0173. The number of hydrogen-bond donors (Lipinski definition) is 2. The third-order valence-electron chi connectivity index (χ3n) is 3.49. The van der Waals surface area contributed by atoms with E-state index in [0.717, 1.165) is 17.7 Å². The van der Waals surface area contributed by atoms with Crippen LogP contribution < -0.4 is 11.1 Å². The number of hydrogen-bond acceptors (Lipinski definition) is 2. The van der Waals surface area contributed by atoms with E-state index in [1.807, 2.05) is 31.2 Å². The molecule has 1 amide bonds. The number of para-hydroxylation sites is 1. The molecule has 0 heterocycles. The van der Waals surface area contributed by atoms with Crippen molar-refractivity contribution < 1.29 is 4.79 Å². The molecule has 0 spiro atoms. The van der Waals surface area contributed by atoms with Gasteiger partial charge < -0.3 is 11.1 Å². The van der Waals surface area contributed by atoms with Crippen LogP contribution in [0.1, 0.15) is 36.1 Å². The van der Waals surface area contributed by atoms with Gasteiger partial charge in [-0.1, -0.05) is 48.0 Å². The lowest BCUT2D eigenvalue weighted by Gasteiger charge is -2.13. The van der Waals surface area contributed by atoms with Crippen molar-refractivity contribution in [1.29, 1.82) is 0 Å². The van der Waals surface area contributed by atoms with Crippen molar-refractivity contribution in [2.24, 2.45) is 5.73 Å². The number of aryl methyl sites for hydroxylation is 2. The zero-order valence-electron chi connectivity index (χ0n) is 12.6. The molecule has 2 rings (SSSR count). The Kier molecular flexibility index (Phi) is 5.12. The molecular formula is C18H22N2O. The quantitative estimate of drug-likeness (QED) is 0.880. The summed E-state index contributed by atoms with van der Waals surface area (Å²) in [5, 5.41) is 2.95. The number of amides is 1. The van der Waals surface area contributed by atoms with Gasteiger partial charge in [0.15, 0.2) is 0 Å². The number of carbonyl (C=O) groups is 1. The van der Waals surface area contributed by atoms with Crippen LogP contribution in [-0.4, -0.2) is 5.91 Å². The highest BCUT2D eigenvalue weighted by Crippen LogP contribution is 2.21. The first-order valence-electron chi connectivity index (χ1n) is 7.26. The van der Waals surface area contributed by atoms with Crippen LogP contribution in [0.4, 0.5) is 5.69 Å². The first kappa shape index (κ1) is 15.3. The maximum Gasteiger partial charge on any atom is 0.224 e. The monoisotopic (exact) mass is 282 g/mol. The molecule has 0 fully saturated rings. The van der Waals surface area contributed by atoms with E-state index in [1.54, 1.807) is 0 Å². The molecular weight excluding hydrogens is 260 g/mol. The van der Waals surface area contributed by atoms with E-state index in [2.05, 4.69) is 36.5 Å². The molecule has 0 aromatic heterocycles. The molecule has 0 saturated carbocycles. The lowest BCUT2D eigenvalue weighted by molar-refractivity contribution is -0.116. The fourth-order valence-electron chi connectivity index (χ4n) is 2.23. The Morgan fingerprint density at radius 3 is 2.48 bits per heavy atom. The van der Waals surface area contributed by atoms with E-state index in [4.69, 9.17) is 5.73 Å². The highest BCUT2D eigenvalue weighted by atomic mass is 16.1. The zero-order chi connectivity index (χ0) is 15.2. The second-order valence-electron chi connectivity index (χ2n) is 5.41. The highest BCUT2D eigenvalue weighted by Gasteiger charge is 2.09. The highest BCUT2D eigenvalue weighted by molar-refractivity contribution is 5.91. The van der Waals surface area contributed by atoms with E-state index in [1.165, 1.54) is 11.1 Å². The minimum Gasteiger partial charge on any atom is -0.326 e. The molecule has 0 aliphatic rings. The van der Waals surface area contributed by atoms with Crippen LogP contribution in [0, 0.1) is 6.92 Å². The van der Waals surface area contributed by atoms with Gasteiger partial charge >= 0.3 is 0 Å². The zero-order valence-corrected chi connectivity index (χ0v) is 12.6. The summed E-state index contributed by atoms with van der Waals surface area (Å²) in [5.41, 5.74) is 10.1. The molecule has 2 aromatic carbocycles. The maximum absolute atomic E-state index is 12.1. The molecule has 110 valence electrons. The predicted molar refractivity (Wildman–Crippen MR) is 87.2 cm³/mol. The first-order chi connectivity index (χ1) is 10.1. The number of carbonyl (C=O) groups excluding carboxylic acids is 1. The van der Waals surface area contributed by atoms with Crippen molar-refractivity contribution in [3.05, 3.63) is 65.2 Å². The largest absolute Gasteiger partial charge is 0.326 e. The molecule has 3 heteroatoms. The minimum absolute atomic E-state index is 0.0173. The standard InChI is InChI=1S/C18H22N2O/c1-13-7-9-15(10-8-13)11-12-18(21)20-17-6-4-3-5-16(17)14(2)19/h3-10,14H,11-12,19H2,1-2H3,(H,20,21). The van der Waals surface area contributed by atoms with Gasteiger partial charge in [-0.05, 0) is 37.5 Å². The van der Waals surface area contributed by atoms with Crippen LogP contribution in [0.25, 0.3) is 0 Å². The van der Waals surface area contributed by atoms with E-state index < -0.39 is 0 Å². The Morgan fingerprint density at radius 1 is 1.14 bits per heavy atom. The maximum atomic E-state index is 12.1. The van der Waals surface area contributed by atoms with Crippen molar-refractivity contribution in [1.82, 2.24) is 0 Å². The Hall–Kier alpha value is -2.13. The number of rotatable bonds is 5. The van der Waals surface area contributed by atoms with Gasteiger partial charge in [0.25, 0.3) is 0 Å². The SMILES string of the molecule is Cc1ccc(CCC(=O)Nc2ccccc2C(C)N)cc1. The van der Waals surface area contributed by atoms with Gasteiger partial charge in [-0.25, -0.2) is 0 Å². The van der Waals surface area contributed by atoms with E-state index in [0.29, 0.717) is 6.42 Å². The summed E-state index contributed by atoms with van der Waals surface area (Å²) in [6, 6.07) is 15.8. The molecule has 3 nitrogen and oxygen atoms in total. The van der Waals surface area contributed by atoms with Crippen LogP contribution in [0.2, 0.25) is 0 Å². The Balaban J connectivity index is 1.94. The van der Waals surface area contributed by atoms with Gasteiger partial charge in [-0.3, -0.25) is 4.79 Å². The second kappa shape index (κ2) is 7.04. The predicted octanol–water partition coefficient (Wildman–Crippen LogP) is 3.59. The van der Waals surface area contributed by atoms with E-state index in [9.17, 15) is 4.79 Å². The molecule has 0 bridgehead atoms. The average Bonchev–Trinajstić information content (AvgIpc) is 2.47. The van der Waals surface area contributed by atoms with Gasteiger partial charge in [-0.15, -0.1) is 0 Å². The Morgan fingerprint density at radius 2 is 1.81 bits per heavy atom. The lowest BCUT2D eigenvalue weighted by Crippen LogP contribution is -2.16. The van der Waals surface area contributed by atoms with Crippen LogP contribution in [0.5, 0.6) is 0 Å². The number of nitrogens with two attached hydrogens (primary N) is 1.